The summed E-state index contributed by atoms with van der Waals surface area (Å²) in [5, 5.41) is 0. The average Bonchev–Trinajstić information content (AvgIpc) is 2.84. The molecule has 0 N–H and O–H groups in total. The highest BCUT2D eigenvalue weighted by Gasteiger charge is 2.46. The summed E-state index contributed by atoms with van der Waals surface area (Å²) in [5.74, 6) is -2.33. The largest absolute Gasteiger partial charge is 0.465 e. The van der Waals surface area contributed by atoms with Gasteiger partial charge in [0.1, 0.15) is 0 Å². The lowest BCUT2D eigenvalue weighted by Gasteiger charge is -2.26. The number of hydrogen-bond acceptors (Lipinski definition) is 6. The Morgan fingerprint density at radius 2 is 1.40 bits per heavy atom. The molecular formula is C18H21NO6. The van der Waals surface area contributed by atoms with Gasteiger partial charge in [-0.15, -0.1) is 0 Å². The van der Waals surface area contributed by atoms with Crippen LogP contribution in [0, 0.1) is 5.41 Å². The highest BCUT2D eigenvalue weighted by molar-refractivity contribution is 6.21. The second-order valence-electron chi connectivity index (χ2n) is 5.83. The molecule has 134 valence electrons. The molecule has 0 fully saturated rings. The van der Waals surface area contributed by atoms with Crippen molar-refractivity contribution in [1.29, 1.82) is 0 Å². The van der Waals surface area contributed by atoms with E-state index in [2.05, 4.69) is 0 Å². The standard InChI is InChI=1S/C18H21NO6/c1-4-24-16(22)18(3,17(23)25-5-2)10-11-19-14(20)12-8-6-7-9-13(12)15(19)21/h6-9H,4-5,10-11H2,1-3H3. The minimum absolute atomic E-state index is 0.0733. The Bertz CT molecular complexity index is 658. The summed E-state index contributed by atoms with van der Waals surface area (Å²) in [6.07, 6.45) is -0.0733. The zero-order valence-electron chi connectivity index (χ0n) is 14.5. The number of carbonyl (C=O) groups is 4. The minimum atomic E-state index is -1.58. The van der Waals surface area contributed by atoms with Crippen LogP contribution in [0.4, 0.5) is 0 Å². The fourth-order valence-corrected chi connectivity index (χ4v) is 2.65. The molecule has 1 aliphatic rings. The van der Waals surface area contributed by atoms with E-state index in [1.54, 1.807) is 38.1 Å². The Hall–Kier alpha value is -2.70. The van der Waals surface area contributed by atoms with Crippen molar-refractivity contribution in [1.82, 2.24) is 4.90 Å². The maximum absolute atomic E-state index is 12.4. The van der Waals surface area contributed by atoms with E-state index in [0.29, 0.717) is 11.1 Å². The van der Waals surface area contributed by atoms with Crippen molar-refractivity contribution in [2.75, 3.05) is 19.8 Å². The van der Waals surface area contributed by atoms with E-state index in [0.717, 1.165) is 4.90 Å². The average molecular weight is 347 g/mol. The number of esters is 2. The zero-order chi connectivity index (χ0) is 18.6. The number of carbonyl (C=O) groups excluding carboxylic acids is 4. The maximum atomic E-state index is 12.4. The van der Waals surface area contributed by atoms with Gasteiger partial charge in [0.15, 0.2) is 5.41 Å². The summed E-state index contributed by atoms with van der Waals surface area (Å²) in [6, 6.07) is 6.50. The third-order valence-electron chi connectivity index (χ3n) is 4.17. The van der Waals surface area contributed by atoms with Gasteiger partial charge in [0.05, 0.1) is 24.3 Å². The Morgan fingerprint density at radius 3 is 1.80 bits per heavy atom. The van der Waals surface area contributed by atoms with E-state index >= 15 is 0 Å². The number of benzene rings is 1. The first kappa shape index (κ1) is 18.6. The van der Waals surface area contributed by atoms with Crippen LogP contribution in [0.5, 0.6) is 0 Å². The lowest BCUT2D eigenvalue weighted by molar-refractivity contribution is -0.171. The molecule has 0 bridgehead atoms. The topological polar surface area (TPSA) is 90.0 Å². The lowest BCUT2D eigenvalue weighted by Crippen LogP contribution is -2.43. The highest BCUT2D eigenvalue weighted by Crippen LogP contribution is 2.29. The van der Waals surface area contributed by atoms with Crippen LogP contribution in [-0.2, 0) is 19.1 Å². The van der Waals surface area contributed by atoms with E-state index < -0.39 is 29.2 Å². The van der Waals surface area contributed by atoms with E-state index in [9.17, 15) is 19.2 Å². The van der Waals surface area contributed by atoms with Crippen LogP contribution in [0.3, 0.4) is 0 Å². The zero-order valence-corrected chi connectivity index (χ0v) is 14.5. The summed E-state index contributed by atoms with van der Waals surface area (Å²) in [7, 11) is 0. The monoisotopic (exact) mass is 347 g/mol. The molecule has 0 saturated carbocycles. The smallest absolute Gasteiger partial charge is 0.323 e. The fourth-order valence-electron chi connectivity index (χ4n) is 2.65. The molecule has 1 aromatic rings. The molecule has 0 spiro atoms. The van der Waals surface area contributed by atoms with Crippen LogP contribution in [-0.4, -0.2) is 48.4 Å². The molecule has 0 atom stereocenters. The van der Waals surface area contributed by atoms with Gasteiger partial charge in [-0.2, -0.15) is 0 Å². The van der Waals surface area contributed by atoms with E-state index in [1.165, 1.54) is 6.92 Å². The van der Waals surface area contributed by atoms with Crippen LogP contribution < -0.4 is 0 Å². The molecule has 7 nitrogen and oxygen atoms in total. The van der Waals surface area contributed by atoms with Crippen molar-refractivity contribution in [3.05, 3.63) is 35.4 Å². The minimum Gasteiger partial charge on any atom is -0.465 e. The van der Waals surface area contributed by atoms with E-state index in [1.807, 2.05) is 0 Å². The molecule has 0 unspecified atom stereocenters. The van der Waals surface area contributed by atoms with Crippen molar-refractivity contribution in [2.24, 2.45) is 5.41 Å². The first-order chi connectivity index (χ1) is 11.9. The maximum Gasteiger partial charge on any atom is 0.323 e. The van der Waals surface area contributed by atoms with Gasteiger partial charge >= 0.3 is 11.9 Å². The van der Waals surface area contributed by atoms with Gasteiger partial charge in [0, 0.05) is 6.54 Å². The van der Waals surface area contributed by atoms with Crippen molar-refractivity contribution < 1.29 is 28.7 Å². The van der Waals surface area contributed by atoms with Gasteiger partial charge < -0.3 is 9.47 Å². The number of amides is 2. The molecule has 7 heteroatoms. The number of fused-ring (bicyclic) bond motifs is 1. The molecule has 1 aromatic carbocycles. The predicted octanol–water partition coefficient (Wildman–Crippen LogP) is 1.81. The predicted molar refractivity (Wildman–Crippen MR) is 87.8 cm³/mol. The second-order valence-corrected chi connectivity index (χ2v) is 5.83. The van der Waals surface area contributed by atoms with Gasteiger partial charge in [-0.3, -0.25) is 24.1 Å². The molecule has 0 radical (unpaired) electrons. The quantitative estimate of drug-likeness (QED) is 0.424. The number of imide groups is 1. The first-order valence-electron chi connectivity index (χ1n) is 8.16. The van der Waals surface area contributed by atoms with Crippen molar-refractivity contribution in [2.45, 2.75) is 27.2 Å². The SMILES string of the molecule is CCOC(=O)C(C)(CCN1C(=O)c2ccccc2C1=O)C(=O)OCC. The molecule has 0 saturated heterocycles. The first-order valence-corrected chi connectivity index (χ1v) is 8.16. The summed E-state index contributed by atoms with van der Waals surface area (Å²) < 4.78 is 9.95. The summed E-state index contributed by atoms with van der Waals surface area (Å²) in [5.41, 5.74) is -0.940. The normalized spacial score (nSPS) is 13.6. The van der Waals surface area contributed by atoms with Crippen LogP contribution in [0.15, 0.2) is 24.3 Å². The van der Waals surface area contributed by atoms with Gasteiger partial charge in [0.2, 0.25) is 0 Å². The van der Waals surface area contributed by atoms with E-state index in [-0.39, 0.29) is 26.2 Å². The van der Waals surface area contributed by atoms with E-state index in [4.69, 9.17) is 9.47 Å². The third-order valence-corrected chi connectivity index (χ3v) is 4.17. The van der Waals surface area contributed by atoms with Crippen molar-refractivity contribution in [3.63, 3.8) is 0 Å². The molecule has 2 amide bonds. The molecular weight excluding hydrogens is 326 g/mol. The van der Waals surface area contributed by atoms with Gasteiger partial charge in [-0.1, -0.05) is 12.1 Å². The lowest BCUT2D eigenvalue weighted by atomic mass is 9.86. The molecule has 1 heterocycles. The van der Waals surface area contributed by atoms with Crippen molar-refractivity contribution in [3.8, 4) is 0 Å². The number of hydrogen-bond donors (Lipinski definition) is 0. The third kappa shape index (κ3) is 3.40. The van der Waals surface area contributed by atoms with Crippen LogP contribution in [0.2, 0.25) is 0 Å². The summed E-state index contributed by atoms with van der Waals surface area (Å²) in [4.78, 5) is 50.3. The van der Waals surface area contributed by atoms with Gasteiger partial charge in [0.25, 0.3) is 11.8 Å². The number of nitrogens with zero attached hydrogens (tertiary/aromatic N) is 1. The van der Waals surface area contributed by atoms with Gasteiger partial charge in [-0.25, -0.2) is 0 Å². The Balaban J connectivity index is 2.19. The molecule has 0 aromatic heterocycles. The molecule has 2 rings (SSSR count). The number of rotatable bonds is 7. The summed E-state index contributed by atoms with van der Waals surface area (Å²) >= 11 is 0. The molecule has 1 aliphatic heterocycles. The second kappa shape index (κ2) is 7.46. The highest BCUT2D eigenvalue weighted by atomic mass is 16.6. The van der Waals surface area contributed by atoms with Crippen molar-refractivity contribution >= 4 is 23.8 Å². The molecule has 0 aliphatic carbocycles. The Morgan fingerprint density at radius 1 is 0.960 bits per heavy atom. The van der Waals surface area contributed by atoms with Crippen LogP contribution in [0.1, 0.15) is 47.9 Å². The Kier molecular flexibility index (Phi) is 5.56. The molecule has 25 heavy (non-hydrogen) atoms. The van der Waals surface area contributed by atoms with Crippen LogP contribution >= 0.6 is 0 Å². The summed E-state index contributed by atoms with van der Waals surface area (Å²) in [6.45, 7) is 4.81. The number of ether oxygens (including phenoxy) is 2. The fraction of sp³-hybridized carbons (Fsp3) is 0.444. The van der Waals surface area contributed by atoms with Gasteiger partial charge in [-0.05, 0) is 39.3 Å². The van der Waals surface area contributed by atoms with Crippen LogP contribution in [0.25, 0.3) is 0 Å². The Labute approximate surface area is 145 Å².